The van der Waals surface area contributed by atoms with E-state index in [9.17, 15) is 4.79 Å². The van der Waals surface area contributed by atoms with Crippen LogP contribution in [0, 0.1) is 0 Å². The second-order valence-corrected chi connectivity index (χ2v) is 9.65. The molecule has 1 unspecified atom stereocenters. The summed E-state index contributed by atoms with van der Waals surface area (Å²) in [6.45, 7) is 7.90. The zero-order valence-corrected chi connectivity index (χ0v) is 22.8. The number of anilines is 2. The number of fused-ring (bicyclic) bond motifs is 1. The van der Waals surface area contributed by atoms with E-state index < -0.39 is 6.04 Å². The van der Waals surface area contributed by atoms with Crippen LogP contribution in [0.5, 0.6) is 17.2 Å². The van der Waals surface area contributed by atoms with Crippen LogP contribution < -0.4 is 24.0 Å². The number of hydrogen-bond acceptors (Lipinski definition) is 6. The maximum Gasteiger partial charge on any atom is 0.232 e. The highest BCUT2D eigenvalue weighted by molar-refractivity contribution is 6.30. The van der Waals surface area contributed by atoms with E-state index in [0.717, 1.165) is 35.5 Å². The Hall–Kier alpha value is -3.42. The Bertz CT molecular complexity index is 1290. The largest absolute Gasteiger partial charge is 0.494 e. The first-order chi connectivity index (χ1) is 18.5. The summed E-state index contributed by atoms with van der Waals surface area (Å²) in [4.78, 5) is 18.0. The molecule has 0 radical (unpaired) electrons. The average molecular weight is 537 g/mol. The van der Waals surface area contributed by atoms with E-state index in [1.54, 1.807) is 7.11 Å². The topological polar surface area (TPSA) is 60.5 Å². The lowest BCUT2D eigenvalue weighted by molar-refractivity contribution is -0.118. The van der Waals surface area contributed by atoms with Crippen molar-refractivity contribution in [2.24, 2.45) is 0 Å². The summed E-state index contributed by atoms with van der Waals surface area (Å²) >= 11 is 6.24. The minimum absolute atomic E-state index is 0.0264. The van der Waals surface area contributed by atoms with Gasteiger partial charge in [0.05, 0.1) is 51.7 Å². The molecule has 3 aromatic rings. The number of hydrogen-bond donors (Lipinski definition) is 0. The Morgan fingerprint density at radius 1 is 0.921 bits per heavy atom. The number of nitrogens with zero attached hydrogens (tertiary/aromatic N) is 2. The van der Waals surface area contributed by atoms with Gasteiger partial charge in [-0.25, -0.2) is 0 Å². The van der Waals surface area contributed by atoms with Gasteiger partial charge in [0.15, 0.2) is 11.5 Å². The maximum absolute atomic E-state index is 13.9. The first-order valence-electron chi connectivity index (χ1n) is 13.0. The lowest BCUT2D eigenvalue weighted by Gasteiger charge is -2.39. The van der Waals surface area contributed by atoms with Crippen LogP contribution in [0.4, 0.5) is 11.4 Å². The Morgan fingerprint density at radius 2 is 1.61 bits per heavy atom. The summed E-state index contributed by atoms with van der Waals surface area (Å²) in [5.74, 6) is 1.93. The number of carbonyl (C=O) groups is 1. The molecule has 0 bridgehead atoms. The summed E-state index contributed by atoms with van der Waals surface area (Å²) in [6.07, 6.45) is 0.236. The molecule has 2 aliphatic heterocycles. The van der Waals surface area contributed by atoms with Crippen LogP contribution in [0.1, 0.15) is 36.6 Å². The third-order valence-electron chi connectivity index (χ3n) is 6.95. The fourth-order valence-electron chi connectivity index (χ4n) is 5.22. The van der Waals surface area contributed by atoms with Gasteiger partial charge in [-0.3, -0.25) is 9.69 Å². The van der Waals surface area contributed by atoms with Crippen molar-refractivity contribution in [2.75, 3.05) is 56.4 Å². The maximum atomic E-state index is 13.9. The van der Waals surface area contributed by atoms with Gasteiger partial charge in [0.1, 0.15) is 5.75 Å². The molecule has 2 heterocycles. The van der Waals surface area contributed by atoms with Crippen molar-refractivity contribution in [1.29, 1.82) is 0 Å². The van der Waals surface area contributed by atoms with Crippen LogP contribution in [-0.2, 0) is 16.0 Å². The average Bonchev–Trinajstić information content (AvgIpc) is 2.94. The third kappa shape index (κ3) is 5.13. The van der Waals surface area contributed by atoms with Crippen molar-refractivity contribution in [2.45, 2.75) is 26.3 Å². The predicted octanol–water partition coefficient (Wildman–Crippen LogP) is 5.66. The second kappa shape index (κ2) is 11.5. The molecule has 1 amide bonds. The molecule has 8 heteroatoms. The minimum atomic E-state index is -0.401. The van der Waals surface area contributed by atoms with E-state index in [4.69, 9.17) is 30.5 Å². The van der Waals surface area contributed by atoms with Crippen molar-refractivity contribution in [3.8, 4) is 17.2 Å². The SMILES string of the molecule is CCOc1cc2c(cc1OCC)C(c1ccc(Cl)cc1)N(c1ccc(N3CCOCC3)cc1OC)C(=O)C2. The molecule has 0 saturated carbocycles. The van der Waals surface area contributed by atoms with Gasteiger partial charge in [-0.1, -0.05) is 23.7 Å². The molecule has 0 spiro atoms. The molecule has 1 fully saturated rings. The molecule has 0 aromatic heterocycles. The van der Waals surface area contributed by atoms with Gasteiger partial charge in [0, 0.05) is 29.9 Å². The van der Waals surface area contributed by atoms with Crippen molar-refractivity contribution in [3.63, 3.8) is 0 Å². The van der Waals surface area contributed by atoms with Gasteiger partial charge < -0.3 is 23.8 Å². The van der Waals surface area contributed by atoms with Crippen LogP contribution in [0.15, 0.2) is 54.6 Å². The fourth-order valence-corrected chi connectivity index (χ4v) is 5.35. The van der Waals surface area contributed by atoms with Crippen molar-refractivity contribution < 1.29 is 23.7 Å². The summed E-state index contributed by atoms with van der Waals surface area (Å²) in [5, 5.41) is 0.636. The number of carbonyl (C=O) groups excluding carboxylic acids is 1. The van der Waals surface area contributed by atoms with E-state index in [1.807, 2.05) is 67.3 Å². The van der Waals surface area contributed by atoms with Crippen LogP contribution >= 0.6 is 11.6 Å². The van der Waals surface area contributed by atoms with Crippen LogP contribution in [0.2, 0.25) is 5.02 Å². The quantitative estimate of drug-likeness (QED) is 0.370. The summed E-state index contributed by atoms with van der Waals surface area (Å²) in [6, 6.07) is 17.2. The number of amides is 1. The Morgan fingerprint density at radius 3 is 2.26 bits per heavy atom. The number of methoxy groups -OCH3 is 1. The molecule has 200 valence electrons. The highest BCUT2D eigenvalue weighted by Crippen LogP contribution is 2.46. The number of morpholine rings is 1. The second-order valence-electron chi connectivity index (χ2n) is 9.21. The van der Waals surface area contributed by atoms with E-state index in [0.29, 0.717) is 54.4 Å². The molecule has 1 atom stereocenters. The van der Waals surface area contributed by atoms with Crippen LogP contribution in [0.3, 0.4) is 0 Å². The highest BCUT2D eigenvalue weighted by Gasteiger charge is 2.37. The van der Waals surface area contributed by atoms with Crippen molar-refractivity contribution in [3.05, 3.63) is 76.3 Å². The molecular weight excluding hydrogens is 504 g/mol. The Labute approximate surface area is 228 Å². The van der Waals surface area contributed by atoms with Crippen molar-refractivity contribution >= 4 is 28.9 Å². The first kappa shape index (κ1) is 26.2. The molecule has 0 N–H and O–H groups in total. The van der Waals surface area contributed by atoms with Gasteiger partial charge in [0.25, 0.3) is 0 Å². The zero-order valence-electron chi connectivity index (χ0n) is 22.0. The molecule has 7 nitrogen and oxygen atoms in total. The van der Waals surface area contributed by atoms with Gasteiger partial charge in [-0.15, -0.1) is 0 Å². The number of halogens is 1. The van der Waals surface area contributed by atoms with Gasteiger partial charge >= 0.3 is 0 Å². The smallest absolute Gasteiger partial charge is 0.232 e. The highest BCUT2D eigenvalue weighted by atomic mass is 35.5. The van der Waals surface area contributed by atoms with E-state index in [1.165, 1.54) is 0 Å². The Kier molecular flexibility index (Phi) is 7.95. The summed E-state index contributed by atoms with van der Waals surface area (Å²) in [7, 11) is 1.64. The Balaban J connectivity index is 1.65. The number of benzene rings is 3. The standard InChI is InChI=1S/C30H33ClN2O5/c1-4-37-27-16-21-17-29(34)33(25-11-10-23(18-26(25)35-3)32-12-14-36-15-13-32)30(20-6-8-22(31)9-7-20)24(21)19-28(27)38-5-2/h6-11,16,18-19,30H,4-5,12-15,17H2,1-3H3. The van der Waals surface area contributed by atoms with E-state index in [2.05, 4.69) is 11.0 Å². The summed E-state index contributed by atoms with van der Waals surface area (Å²) < 4.78 is 23.2. The zero-order chi connectivity index (χ0) is 26.6. The lowest BCUT2D eigenvalue weighted by atomic mass is 9.86. The first-order valence-corrected chi connectivity index (χ1v) is 13.4. The van der Waals surface area contributed by atoms with Crippen LogP contribution in [-0.4, -0.2) is 52.5 Å². The van der Waals surface area contributed by atoms with Gasteiger partial charge in [0.2, 0.25) is 5.91 Å². The molecule has 3 aromatic carbocycles. The summed E-state index contributed by atoms with van der Waals surface area (Å²) in [5.41, 5.74) is 4.60. The number of rotatable bonds is 8. The normalized spacial score (nSPS) is 17.3. The molecule has 1 saturated heterocycles. The third-order valence-corrected chi connectivity index (χ3v) is 7.21. The van der Waals surface area contributed by atoms with Gasteiger partial charge in [-0.05, 0) is 66.9 Å². The minimum Gasteiger partial charge on any atom is -0.494 e. The molecular formula is C30H33ClN2O5. The molecule has 2 aliphatic rings. The lowest BCUT2D eigenvalue weighted by Crippen LogP contribution is -2.41. The van der Waals surface area contributed by atoms with Crippen LogP contribution in [0.25, 0.3) is 0 Å². The number of ether oxygens (including phenoxy) is 4. The van der Waals surface area contributed by atoms with E-state index >= 15 is 0 Å². The molecule has 38 heavy (non-hydrogen) atoms. The monoisotopic (exact) mass is 536 g/mol. The molecule has 0 aliphatic carbocycles. The fraction of sp³-hybridized carbons (Fsp3) is 0.367. The predicted molar refractivity (Wildman–Crippen MR) is 149 cm³/mol. The van der Waals surface area contributed by atoms with E-state index in [-0.39, 0.29) is 12.3 Å². The van der Waals surface area contributed by atoms with Crippen molar-refractivity contribution in [1.82, 2.24) is 0 Å². The van der Waals surface area contributed by atoms with Gasteiger partial charge in [-0.2, -0.15) is 0 Å². The molecule has 5 rings (SSSR count).